The Balaban J connectivity index is 2.19. The van der Waals surface area contributed by atoms with Crippen LogP contribution in [0.25, 0.3) is 0 Å². The number of nitriles is 1. The van der Waals surface area contributed by atoms with Gasteiger partial charge in [-0.15, -0.1) is 0 Å². The first kappa shape index (κ1) is 12.1. The highest BCUT2D eigenvalue weighted by Crippen LogP contribution is 2.19. The number of benzene rings is 1. The minimum Gasteiger partial charge on any atom is -0.368 e. The molecule has 0 unspecified atom stereocenters. The molecule has 0 aliphatic carbocycles. The maximum absolute atomic E-state index is 13.6. The van der Waals surface area contributed by atoms with Crippen molar-refractivity contribution in [3.63, 3.8) is 0 Å². The van der Waals surface area contributed by atoms with Gasteiger partial charge in [-0.25, -0.2) is 9.37 Å². The van der Waals surface area contributed by atoms with Crippen LogP contribution in [-0.2, 0) is 6.54 Å². The maximum Gasteiger partial charge on any atom is 0.146 e. The van der Waals surface area contributed by atoms with Crippen LogP contribution >= 0.6 is 0 Å². The zero-order valence-corrected chi connectivity index (χ0v) is 9.97. The van der Waals surface area contributed by atoms with E-state index in [2.05, 4.69) is 4.98 Å². The summed E-state index contributed by atoms with van der Waals surface area (Å²) in [6.45, 7) is 0.526. The monoisotopic (exact) mass is 241 g/mol. The van der Waals surface area contributed by atoms with E-state index in [0.717, 1.165) is 5.56 Å². The third-order valence-electron chi connectivity index (χ3n) is 2.62. The fourth-order valence-corrected chi connectivity index (χ4v) is 1.75. The molecule has 0 aliphatic rings. The van der Waals surface area contributed by atoms with Gasteiger partial charge in [0.25, 0.3) is 0 Å². The van der Waals surface area contributed by atoms with E-state index < -0.39 is 0 Å². The molecule has 2 aromatic rings. The molecule has 0 spiro atoms. The van der Waals surface area contributed by atoms with Crippen molar-refractivity contribution in [2.45, 2.75) is 6.54 Å². The molecule has 1 heterocycles. The second kappa shape index (κ2) is 5.28. The molecular weight excluding hydrogens is 229 g/mol. The van der Waals surface area contributed by atoms with E-state index in [-0.39, 0.29) is 5.82 Å². The maximum atomic E-state index is 13.6. The van der Waals surface area contributed by atoms with E-state index in [9.17, 15) is 4.39 Å². The number of halogens is 1. The predicted octanol–water partition coefficient (Wildman–Crippen LogP) is 2.73. The first-order valence-corrected chi connectivity index (χ1v) is 5.51. The number of pyridine rings is 1. The molecule has 3 nitrogen and oxygen atoms in total. The summed E-state index contributed by atoms with van der Waals surface area (Å²) in [7, 11) is 1.81. The molecule has 0 bridgehead atoms. The molecule has 2 rings (SSSR count). The van der Waals surface area contributed by atoms with Crippen LogP contribution in [-0.4, -0.2) is 12.0 Å². The summed E-state index contributed by atoms with van der Waals surface area (Å²) in [5.41, 5.74) is 1.83. The van der Waals surface area contributed by atoms with Crippen LogP contribution in [0.5, 0.6) is 0 Å². The van der Waals surface area contributed by atoms with E-state index in [1.807, 2.05) is 19.2 Å². The van der Waals surface area contributed by atoms with Crippen molar-refractivity contribution in [2.75, 3.05) is 11.9 Å². The predicted molar refractivity (Wildman–Crippen MR) is 67.5 cm³/mol. The van der Waals surface area contributed by atoms with Gasteiger partial charge in [0.15, 0.2) is 0 Å². The number of hydrogen-bond acceptors (Lipinski definition) is 3. The number of hydrogen-bond donors (Lipinski definition) is 0. The van der Waals surface area contributed by atoms with Crippen LogP contribution in [0.1, 0.15) is 11.3 Å². The smallest absolute Gasteiger partial charge is 0.146 e. The number of anilines is 1. The van der Waals surface area contributed by atoms with Crippen molar-refractivity contribution in [3.05, 3.63) is 59.7 Å². The fraction of sp³-hybridized carbons (Fsp3) is 0.143. The molecule has 1 aromatic heterocycles. The van der Waals surface area contributed by atoms with Crippen molar-refractivity contribution in [1.82, 2.24) is 4.98 Å². The Morgan fingerprint density at radius 2 is 2.11 bits per heavy atom. The Morgan fingerprint density at radius 3 is 2.83 bits per heavy atom. The zero-order chi connectivity index (χ0) is 13.0. The molecule has 4 heteroatoms. The standard InChI is InChI=1S/C14H12FN3/c1-18(14-5-3-2-4-13(14)15)10-11-6-7-17-12(8-11)9-16/h2-8H,10H2,1H3. The molecule has 18 heavy (non-hydrogen) atoms. The third-order valence-corrected chi connectivity index (χ3v) is 2.62. The quantitative estimate of drug-likeness (QED) is 0.829. The fourth-order valence-electron chi connectivity index (χ4n) is 1.75. The Morgan fingerprint density at radius 1 is 1.33 bits per heavy atom. The summed E-state index contributed by atoms with van der Waals surface area (Å²) in [6.07, 6.45) is 1.59. The molecule has 0 fully saturated rings. The van der Waals surface area contributed by atoms with Gasteiger partial charge in [0, 0.05) is 19.8 Å². The van der Waals surface area contributed by atoms with Crippen molar-refractivity contribution in [1.29, 1.82) is 5.26 Å². The van der Waals surface area contributed by atoms with Gasteiger partial charge in [-0.3, -0.25) is 0 Å². The molecule has 1 aromatic carbocycles. The summed E-state index contributed by atoms with van der Waals surface area (Å²) in [5, 5.41) is 8.77. The number of para-hydroxylation sites is 1. The van der Waals surface area contributed by atoms with Gasteiger partial charge in [0.1, 0.15) is 17.6 Å². The number of nitrogens with zero attached hydrogens (tertiary/aromatic N) is 3. The lowest BCUT2D eigenvalue weighted by Crippen LogP contribution is -2.17. The Labute approximate surface area is 105 Å². The van der Waals surface area contributed by atoms with E-state index in [1.165, 1.54) is 6.07 Å². The third kappa shape index (κ3) is 2.64. The van der Waals surface area contributed by atoms with E-state index in [0.29, 0.717) is 17.9 Å². The first-order valence-electron chi connectivity index (χ1n) is 5.51. The number of rotatable bonds is 3. The SMILES string of the molecule is CN(Cc1ccnc(C#N)c1)c1ccccc1F. The molecule has 0 atom stereocenters. The van der Waals surface area contributed by atoms with Crippen LogP contribution in [0.2, 0.25) is 0 Å². The van der Waals surface area contributed by atoms with Gasteiger partial charge in [-0.2, -0.15) is 5.26 Å². The van der Waals surface area contributed by atoms with Crippen molar-refractivity contribution in [2.24, 2.45) is 0 Å². The summed E-state index contributed by atoms with van der Waals surface area (Å²) in [5.74, 6) is -0.255. The van der Waals surface area contributed by atoms with Crippen molar-refractivity contribution < 1.29 is 4.39 Å². The van der Waals surface area contributed by atoms with Crippen LogP contribution in [0.3, 0.4) is 0 Å². The highest BCUT2D eigenvalue weighted by atomic mass is 19.1. The number of aromatic nitrogens is 1. The van der Waals surface area contributed by atoms with Gasteiger partial charge < -0.3 is 4.90 Å². The van der Waals surface area contributed by atoms with Gasteiger partial charge in [0.2, 0.25) is 0 Å². The highest BCUT2D eigenvalue weighted by molar-refractivity contribution is 5.47. The topological polar surface area (TPSA) is 39.9 Å². The molecule has 0 saturated carbocycles. The largest absolute Gasteiger partial charge is 0.368 e. The lowest BCUT2D eigenvalue weighted by atomic mass is 10.2. The molecule has 90 valence electrons. The van der Waals surface area contributed by atoms with Crippen LogP contribution in [0, 0.1) is 17.1 Å². The van der Waals surface area contributed by atoms with Crippen LogP contribution in [0.15, 0.2) is 42.6 Å². The minimum atomic E-state index is -0.255. The first-order chi connectivity index (χ1) is 8.70. The van der Waals surface area contributed by atoms with Gasteiger partial charge in [-0.1, -0.05) is 12.1 Å². The van der Waals surface area contributed by atoms with Gasteiger partial charge in [-0.05, 0) is 29.8 Å². The summed E-state index contributed by atoms with van der Waals surface area (Å²) < 4.78 is 13.6. The van der Waals surface area contributed by atoms with E-state index in [1.54, 1.807) is 35.4 Å². The average molecular weight is 241 g/mol. The molecule has 0 saturated heterocycles. The second-order valence-electron chi connectivity index (χ2n) is 3.97. The van der Waals surface area contributed by atoms with Gasteiger partial charge >= 0.3 is 0 Å². The molecule has 0 N–H and O–H groups in total. The Kier molecular flexibility index (Phi) is 3.54. The van der Waals surface area contributed by atoms with Gasteiger partial charge in [0.05, 0.1) is 5.69 Å². The molecule has 0 radical (unpaired) electrons. The zero-order valence-electron chi connectivity index (χ0n) is 9.97. The summed E-state index contributed by atoms with van der Waals surface area (Å²) in [6, 6.07) is 12.1. The summed E-state index contributed by atoms with van der Waals surface area (Å²) in [4.78, 5) is 5.70. The molecule has 0 amide bonds. The highest BCUT2D eigenvalue weighted by Gasteiger charge is 2.07. The van der Waals surface area contributed by atoms with Crippen LogP contribution < -0.4 is 4.90 Å². The Hall–Kier alpha value is -2.41. The average Bonchev–Trinajstić information content (AvgIpc) is 2.39. The van der Waals surface area contributed by atoms with Crippen LogP contribution in [0.4, 0.5) is 10.1 Å². The van der Waals surface area contributed by atoms with E-state index >= 15 is 0 Å². The van der Waals surface area contributed by atoms with E-state index in [4.69, 9.17) is 5.26 Å². The molecule has 0 aliphatic heterocycles. The lowest BCUT2D eigenvalue weighted by Gasteiger charge is -2.19. The summed E-state index contributed by atoms with van der Waals surface area (Å²) >= 11 is 0. The van der Waals surface area contributed by atoms with Crippen molar-refractivity contribution >= 4 is 5.69 Å². The lowest BCUT2D eigenvalue weighted by molar-refractivity contribution is 0.622. The minimum absolute atomic E-state index is 0.255. The second-order valence-corrected chi connectivity index (χ2v) is 3.97. The normalized spacial score (nSPS) is 9.83. The Bertz CT molecular complexity index is 590. The van der Waals surface area contributed by atoms with Crippen molar-refractivity contribution in [3.8, 4) is 6.07 Å². The molecular formula is C14H12FN3.